The summed E-state index contributed by atoms with van der Waals surface area (Å²) in [6.07, 6.45) is 1.07. The number of morpholine rings is 1. The first kappa shape index (κ1) is 15.5. The largest absolute Gasteiger partial charge is 0.372 e. The van der Waals surface area contributed by atoms with Crippen LogP contribution >= 0.6 is 0 Å². The maximum absolute atomic E-state index is 13.1. The highest BCUT2D eigenvalue weighted by Gasteiger charge is 2.35. The molecular formula is C18H26N2O2. The summed E-state index contributed by atoms with van der Waals surface area (Å²) in [5.41, 5.74) is 2.68. The normalized spacial score (nSPS) is 29.2. The van der Waals surface area contributed by atoms with E-state index in [0.717, 1.165) is 19.5 Å². The lowest BCUT2D eigenvalue weighted by Crippen LogP contribution is -2.56. The van der Waals surface area contributed by atoms with Crippen molar-refractivity contribution in [2.24, 2.45) is 0 Å². The Kier molecular flexibility index (Phi) is 4.50. The predicted octanol–water partition coefficient (Wildman–Crippen LogP) is 2.07. The maximum Gasteiger partial charge on any atom is 0.240 e. The lowest BCUT2D eigenvalue weighted by atomic mass is 9.93. The van der Waals surface area contributed by atoms with Crippen LogP contribution in [0.2, 0.25) is 0 Å². The zero-order valence-electron chi connectivity index (χ0n) is 13.8. The van der Waals surface area contributed by atoms with Crippen LogP contribution in [0.3, 0.4) is 0 Å². The van der Waals surface area contributed by atoms with Gasteiger partial charge in [-0.1, -0.05) is 31.2 Å². The van der Waals surface area contributed by atoms with Crippen molar-refractivity contribution in [1.82, 2.24) is 9.80 Å². The summed E-state index contributed by atoms with van der Waals surface area (Å²) in [6, 6.07) is 8.46. The molecule has 0 N–H and O–H groups in total. The molecule has 1 saturated heterocycles. The number of fused-ring (bicyclic) bond motifs is 1. The fraction of sp³-hybridized carbons (Fsp3) is 0.611. The molecule has 4 nitrogen and oxygen atoms in total. The number of rotatable bonds is 2. The van der Waals surface area contributed by atoms with E-state index in [9.17, 15) is 4.79 Å². The van der Waals surface area contributed by atoms with E-state index in [-0.39, 0.29) is 24.2 Å². The molecular weight excluding hydrogens is 276 g/mol. The monoisotopic (exact) mass is 302 g/mol. The Balaban J connectivity index is 1.79. The number of hydrogen-bond acceptors (Lipinski definition) is 3. The smallest absolute Gasteiger partial charge is 0.240 e. The average molecular weight is 302 g/mol. The molecule has 0 aliphatic carbocycles. The summed E-state index contributed by atoms with van der Waals surface area (Å²) >= 11 is 0. The van der Waals surface area contributed by atoms with E-state index in [1.165, 1.54) is 11.1 Å². The van der Waals surface area contributed by atoms with E-state index >= 15 is 0 Å². The number of ether oxygens (including phenoxy) is 1. The minimum Gasteiger partial charge on any atom is -0.372 e. The summed E-state index contributed by atoms with van der Waals surface area (Å²) < 4.78 is 5.76. The Morgan fingerprint density at radius 2 is 1.82 bits per heavy atom. The first-order chi connectivity index (χ1) is 10.6. The molecule has 0 aromatic heterocycles. The van der Waals surface area contributed by atoms with E-state index in [0.29, 0.717) is 13.1 Å². The highest BCUT2D eigenvalue weighted by atomic mass is 16.5. The van der Waals surface area contributed by atoms with Crippen LogP contribution < -0.4 is 0 Å². The van der Waals surface area contributed by atoms with E-state index in [2.05, 4.69) is 36.1 Å². The van der Waals surface area contributed by atoms with Crippen molar-refractivity contribution in [3.05, 3.63) is 35.4 Å². The molecule has 1 amide bonds. The third-order valence-electron chi connectivity index (χ3n) is 4.77. The molecule has 0 radical (unpaired) electrons. The Morgan fingerprint density at radius 1 is 1.18 bits per heavy atom. The molecule has 1 unspecified atom stereocenters. The molecule has 0 saturated carbocycles. The van der Waals surface area contributed by atoms with Gasteiger partial charge >= 0.3 is 0 Å². The van der Waals surface area contributed by atoms with Gasteiger partial charge in [-0.3, -0.25) is 9.69 Å². The lowest BCUT2D eigenvalue weighted by molar-refractivity contribution is -0.149. The SMILES string of the molecule is CCN1Cc2ccccc2CC1C(=O)N1C[C@@H](C)O[C@@H](C)C1. The number of carbonyl (C=O) groups is 1. The van der Waals surface area contributed by atoms with Gasteiger partial charge in [0.1, 0.15) is 0 Å². The molecule has 2 aliphatic heterocycles. The second kappa shape index (κ2) is 6.39. The predicted molar refractivity (Wildman–Crippen MR) is 86.6 cm³/mol. The van der Waals surface area contributed by atoms with Gasteiger partial charge in [-0.05, 0) is 37.9 Å². The van der Waals surface area contributed by atoms with Crippen LogP contribution in [-0.4, -0.2) is 53.6 Å². The first-order valence-electron chi connectivity index (χ1n) is 8.33. The lowest BCUT2D eigenvalue weighted by Gasteiger charge is -2.41. The summed E-state index contributed by atoms with van der Waals surface area (Å²) in [5, 5.41) is 0. The first-order valence-corrected chi connectivity index (χ1v) is 8.33. The van der Waals surface area contributed by atoms with Crippen LogP contribution in [0.15, 0.2) is 24.3 Å². The summed E-state index contributed by atoms with van der Waals surface area (Å²) in [4.78, 5) is 17.4. The molecule has 2 aliphatic rings. The van der Waals surface area contributed by atoms with Crippen molar-refractivity contribution in [2.45, 2.75) is 52.0 Å². The molecule has 1 fully saturated rings. The third kappa shape index (κ3) is 3.03. The maximum atomic E-state index is 13.1. The van der Waals surface area contributed by atoms with Gasteiger partial charge in [0.25, 0.3) is 0 Å². The quantitative estimate of drug-likeness (QED) is 0.838. The van der Waals surface area contributed by atoms with Crippen molar-refractivity contribution in [2.75, 3.05) is 19.6 Å². The topological polar surface area (TPSA) is 32.8 Å². The van der Waals surface area contributed by atoms with Crippen molar-refractivity contribution < 1.29 is 9.53 Å². The van der Waals surface area contributed by atoms with Crippen LogP contribution in [0.4, 0.5) is 0 Å². The molecule has 1 aromatic rings. The van der Waals surface area contributed by atoms with Gasteiger partial charge in [-0.25, -0.2) is 0 Å². The van der Waals surface area contributed by atoms with Crippen molar-refractivity contribution >= 4 is 5.91 Å². The number of amides is 1. The van der Waals surface area contributed by atoms with Gasteiger partial charge in [-0.2, -0.15) is 0 Å². The van der Waals surface area contributed by atoms with Crippen LogP contribution in [-0.2, 0) is 22.5 Å². The minimum absolute atomic E-state index is 0.0302. The minimum atomic E-state index is -0.0302. The molecule has 1 aromatic carbocycles. The second-order valence-corrected chi connectivity index (χ2v) is 6.55. The molecule has 3 atom stereocenters. The Hall–Kier alpha value is -1.39. The van der Waals surface area contributed by atoms with Gasteiger partial charge < -0.3 is 9.64 Å². The molecule has 3 rings (SSSR count). The van der Waals surface area contributed by atoms with Crippen LogP contribution in [0.5, 0.6) is 0 Å². The van der Waals surface area contributed by atoms with Crippen molar-refractivity contribution in [3.63, 3.8) is 0 Å². The fourth-order valence-corrected chi connectivity index (χ4v) is 3.72. The number of carbonyl (C=O) groups excluding carboxylic acids is 1. The average Bonchev–Trinajstić information content (AvgIpc) is 2.52. The molecule has 0 spiro atoms. The zero-order chi connectivity index (χ0) is 15.7. The summed E-state index contributed by atoms with van der Waals surface area (Å²) in [6.45, 7) is 9.42. The second-order valence-electron chi connectivity index (χ2n) is 6.55. The third-order valence-corrected chi connectivity index (χ3v) is 4.77. The zero-order valence-corrected chi connectivity index (χ0v) is 13.8. The van der Waals surface area contributed by atoms with Crippen LogP contribution in [0.25, 0.3) is 0 Å². The standard InChI is InChI=1S/C18H26N2O2/c1-4-19-12-16-8-6-5-7-15(16)9-17(19)18(21)20-10-13(2)22-14(3)11-20/h5-8,13-14,17H,4,9-12H2,1-3H3/t13-,14+,17?. The molecule has 0 bridgehead atoms. The molecule has 120 valence electrons. The van der Waals surface area contributed by atoms with Gasteiger partial charge in [0.15, 0.2) is 0 Å². The van der Waals surface area contributed by atoms with E-state index in [1.807, 2.05) is 18.7 Å². The number of likely N-dealkylation sites (N-methyl/N-ethyl adjacent to an activating group) is 1. The van der Waals surface area contributed by atoms with Gasteiger partial charge in [0.05, 0.1) is 18.2 Å². The van der Waals surface area contributed by atoms with Gasteiger partial charge in [-0.15, -0.1) is 0 Å². The molecule has 4 heteroatoms. The summed E-state index contributed by atoms with van der Waals surface area (Å²) in [7, 11) is 0. The van der Waals surface area contributed by atoms with Gasteiger partial charge in [0, 0.05) is 19.6 Å². The van der Waals surface area contributed by atoms with Crippen LogP contribution in [0.1, 0.15) is 31.9 Å². The molecule has 2 heterocycles. The van der Waals surface area contributed by atoms with E-state index in [1.54, 1.807) is 0 Å². The fourth-order valence-electron chi connectivity index (χ4n) is 3.72. The van der Waals surface area contributed by atoms with E-state index < -0.39 is 0 Å². The summed E-state index contributed by atoms with van der Waals surface area (Å²) in [5.74, 6) is 0.262. The highest BCUT2D eigenvalue weighted by Crippen LogP contribution is 2.25. The Morgan fingerprint density at radius 3 is 2.45 bits per heavy atom. The molecule has 22 heavy (non-hydrogen) atoms. The van der Waals surface area contributed by atoms with Crippen molar-refractivity contribution in [3.8, 4) is 0 Å². The Bertz CT molecular complexity index is 536. The van der Waals surface area contributed by atoms with Crippen LogP contribution in [0, 0.1) is 0 Å². The van der Waals surface area contributed by atoms with E-state index in [4.69, 9.17) is 4.74 Å². The number of nitrogens with zero attached hydrogens (tertiary/aromatic N) is 2. The Labute approximate surface area is 133 Å². The number of benzene rings is 1. The highest BCUT2D eigenvalue weighted by molar-refractivity contribution is 5.82. The number of hydrogen-bond donors (Lipinski definition) is 0. The van der Waals surface area contributed by atoms with Crippen molar-refractivity contribution in [1.29, 1.82) is 0 Å². The van der Waals surface area contributed by atoms with Gasteiger partial charge in [0.2, 0.25) is 5.91 Å².